The Bertz CT molecular complexity index is 781. The number of hydrogen-bond donors (Lipinski definition) is 1. The third kappa shape index (κ3) is 2.48. The summed E-state index contributed by atoms with van der Waals surface area (Å²) in [4.78, 5) is 25.8. The van der Waals surface area contributed by atoms with Crippen LogP contribution in [-0.4, -0.2) is 11.6 Å². The third-order valence-electron chi connectivity index (χ3n) is 3.15. The molecular formula is C16H10ClNO2S. The molecule has 2 aromatic rings. The van der Waals surface area contributed by atoms with Gasteiger partial charge in [-0.15, -0.1) is 0 Å². The summed E-state index contributed by atoms with van der Waals surface area (Å²) in [6, 6.07) is 13.7. The Kier molecular flexibility index (Phi) is 3.57. The Morgan fingerprint density at radius 2 is 1.43 bits per heavy atom. The van der Waals surface area contributed by atoms with Gasteiger partial charge in [-0.3, -0.25) is 9.59 Å². The van der Waals surface area contributed by atoms with E-state index in [1.165, 1.54) is 11.8 Å². The fourth-order valence-electron chi connectivity index (χ4n) is 2.09. The van der Waals surface area contributed by atoms with E-state index in [0.29, 0.717) is 16.1 Å². The Morgan fingerprint density at radius 3 is 2.05 bits per heavy atom. The zero-order valence-corrected chi connectivity index (χ0v) is 12.4. The fourth-order valence-corrected chi connectivity index (χ4v) is 3.13. The molecule has 0 saturated carbocycles. The molecule has 3 nitrogen and oxygen atoms in total. The van der Waals surface area contributed by atoms with Gasteiger partial charge in [-0.05, 0) is 24.3 Å². The minimum atomic E-state index is -0.304. The van der Waals surface area contributed by atoms with Crippen LogP contribution in [0, 0.1) is 0 Å². The molecule has 0 spiro atoms. The van der Waals surface area contributed by atoms with Gasteiger partial charge in [-0.25, -0.2) is 0 Å². The van der Waals surface area contributed by atoms with E-state index in [1.807, 2.05) is 0 Å². The average Bonchev–Trinajstić information content (AvgIpc) is 2.51. The SMILES string of the molecule is NC1=C(Sc2ccc(Cl)cc2)C(=O)c2ccccc2C1=O. The van der Waals surface area contributed by atoms with Gasteiger partial charge in [0, 0.05) is 21.0 Å². The van der Waals surface area contributed by atoms with Gasteiger partial charge in [0.1, 0.15) is 0 Å². The van der Waals surface area contributed by atoms with Crippen molar-refractivity contribution in [3.05, 3.63) is 75.3 Å². The highest BCUT2D eigenvalue weighted by Crippen LogP contribution is 2.35. The number of halogens is 1. The predicted octanol–water partition coefficient (Wildman–Crippen LogP) is 3.68. The van der Waals surface area contributed by atoms with Gasteiger partial charge in [0.05, 0.1) is 10.6 Å². The van der Waals surface area contributed by atoms with Gasteiger partial charge in [0.25, 0.3) is 0 Å². The summed E-state index contributed by atoms with van der Waals surface area (Å²) in [5.74, 6) is -0.524. The zero-order valence-electron chi connectivity index (χ0n) is 10.8. The first-order valence-corrected chi connectivity index (χ1v) is 7.39. The Morgan fingerprint density at radius 1 is 0.857 bits per heavy atom. The van der Waals surface area contributed by atoms with Gasteiger partial charge in [0.2, 0.25) is 11.6 Å². The van der Waals surface area contributed by atoms with Gasteiger partial charge >= 0.3 is 0 Å². The maximum atomic E-state index is 12.5. The highest BCUT2D eigenvalue weighted by atomic mass is 35.5. The van der Waals surface area contributed by atoms with E-state index in [9.17, 15) is 9.59 Å². The summed E-state index contributed by atoms with van der Waals surface area (Å²) < 4.78 is 0. The summed E-state index contributed by atoms with van der Waals surface area (Å²) in [6.07, 6.45) is 0. The second-order valence-corrected chi connectivity index (χ2v) is 6.02. The van der Waals surface area contributed by atoms with Gasteiger partial charge in [-0.2, -0.15) is 0 Å². The van der Waals surface area contributed by atoms with E-state index in [4.69, 9.17) is 17.3 Å². The van der Waals surface area contributed by atoms with Crippen molar-refractivity contribution < 1.29 is 9.59 Å². The second kappa shape index (κ2) is 5.39. The summed E-state index contributed by atoms with van der Waals surface area (Å²) >= 11 is 7.02. The van der Waals surface area contributed by atoms with Crippen molar-refractivity contribution in [2.24, 2.45) is 5.73 Å². The minimum absolute atomic E-state index is 0.00125. The lowest BCUT2D eigenvalue weighted by molar-refractivity contribution is 0.0980. The van der Waals surface area contributed by atoms with Crippen LogP contribution >= 0.6 is 23.4 Å². The Hall–Kier alpha value is -2.04. The molecule has 0 radical (unpaired) electrons. The first-order chi connectivity index (χ1) is 10.1. The summed E-state index contributed by atoms with van der Waals surface area (Å²) in [5.41, 5.74) is 6.62. The summed E-state index contributed by atoms with van der Waals surface area (Å²) in [5, 5.41) is 0.609. The smallest absolute Gasteiger partial charge is 0.210 e. The number of fused-ring (bicyclic) bond motifs is 1. The van der Waals surface area contributed by atoms with Gasteiger partial charge in [-0.1, -0.05) is 47.6 Å². The highest BCUT2D eigenvalue weighted by molar-refractivity contribution is 8.04. The normalized spacial score (nSPS) is 14.3. The molecule has 1 aliphatic carbocycles. The van der Waals surface area contributed by atoms with Crippen LogP contribution in [0.1, 0.15) is 20.7 Å². The van der Waals surface area contributed by atoms with E-state index in [2.05, 4.69) is 0 Å². The molecule has 0 saturated heterocycles. The average molecular weight is 316 g/mol. The van der Waals surface area contributed by atoms with E-state index in [-0.39, 0.29) is 22.2 Å². The van der Waals surface area contributed by atoms with Crippen LogP contribution < -0.4 is 5.73 Å². The lowest BCUT2D eigenvalue weighted by Gasteiger charge is -2.17. The van der Waals surface area contributed by atoms with Crippen LogP contribution in [0.2, 0.25) is 5.02 Å². The van der Waals surface area contributed by atoms with Gasteiger partial charge in [0.15, 0.2) is 0 Å². The van der Waals surface area contributed by atoms with E-state index in [0.717, 1.165) is 4.90 Å². The van der Waals surface area contributed by atoms with E-state index < -0.39 is 0 Å². The van der Waals surface area contributed by atoms with Crippen molar-refractivity contribution in [3.63, 3.8) is 0 Å². The number of benzene rings is 2. The quantitative estimate of drug-likeness (QED) is 0.918. The number of rotatable bonds is 2. The molecular weight excluding hydrogens is 306 g/mol. The predicted molar refractivity (Wildman–Crippen MR) is 83.6 cm³/mol. The highest BCUT2D eigenvalue weighted by Gasteiger charge is 2.30. The first-order valence-electron chi connectivity index (χ1n) is 6.19. The van der Waals surface area contributed by atoms with Crippen molar-refractivity contribution in [2.45, 2.75) is 4.90 Å². The molecule has 0 heterocycles. The Labute approximate surface area is 130 Å². The van der Waals surface area contributed by atoms with Crippen LogP contribution in [-0.2, 0) is 0 Å². The lowest BCUT2D eigenvalue weighted by atomic mass is 9.93. The fraction of sp³-hybridized carbons (Fsp3) is 0. The number of thioether (sulfide) groups is 1. The molecule has 0 amide bonds. The Balaban J connectivity index is 2.02. The van der Waals surface area contributed by atoms with Crippen LogP contribution in [0.5, 0.6) is 0 Å². The molecule has 2 aromatic carbocycles. The van der Waals surface area contributed by atoms with Crippen molar-refractivity contribution in [1.82, 2.24) is 0 Å². The maximum absolute atomic E-state index is 12.5. The summed E-state index contributed by atoms with van der Waals surface area (Å²) in [6.45, 7) is 0. The molecule has 0 aliphatic heterocycles. The molecule has 0 atom stereocenters. The molecule has 3 rings (SSSR count). The molecule has 0 aromatic heterocycles. The maximum Gasteiger partial charge on any atom is 0.210 e. The van der Waals surface area contributed by atoms with Crippen molar-refractivity contribution in [2.75, 3.05) is 0 Å². The van der Waals surface area contributed by atoms with Crippen LogP contribution in [0.25, 0.3) is 0 Å². The topological polar surface area (TPSA) is 60.2 Å². The van der Waals surface area contributed by atoms with Crippen LogP contribution in [0.4, 0.5) is 0 Å². The molecule has 104 valence electrons. The minimum Gasteiger partial charge on any atom is -0.395 e. The largest absolute Gasteiger partial charge is 0.395 e. The van der Waals surface area contributed by atoms with Crippen LogP contribution in [0.15, 0.2) is 64.0 Å². The second-order valence-electron chi connectivity index (χ2n) is 4.50. The molecule has 0 unspecified atom stereocenters. The van der Waals surface area contributed by atoms with Crippen LogP contribution in [0.3, 0.4) is 0 Å². The van der Waals surface area contributed by atoms with E-state index in [1.54, 1.807) is 48.5 Å². The third-order valence-corrected chi connectivity index (χ3v) is 4.51. The van der Waals surface area contributed by atoms with Crippen molar-refractivity contribution in [1.29, 1.82) is 0 Å². The molecule has 0 bridgehead atoms. The number of Topliss-reactive ketones (excluding diaryl/α,β-unsaturated/α-hetero) is 2. The van der Waals surface area contributed by atoms with Gasteiger partial charge < -0.3 is 5.73 Å². The lowest BCUT2D eigenvalue weighted by Crippen LogP contribution is -2.25. The van der Waals surface area contributed by atoms with E-state index >= 15 is 0 Å². The molecule has 1 aliphatic rings. The summed E-state index contributed by atoms with van der Waals surface area (Å²) in [7, 11) is 0. The number of allylic oxidation sites excluding steroid dienone is 2. The number of carbonyl (C=O) groups is 2. The number of carbonyl (C=O) groups excluding carboxylic acids is 2. The molecule has 5 heteroatoms. The zero-order chi connectivity index (χ0) is 15.0. The first kappa shape index (κ1) is 13.9. The number of hydrogen-bond acceptors (Lipinski definition) is 4. The monoisotopic (exact) mass is 315 g/mol. The molecule has 21 heavy (non-hydrogen) atoms. The van der Waals surface area contributed by atoms with Crippen molar-refractivity contribution >= 4 is 34.9 Å². The molecule has 0 fully saturated rings. The number of ketones is 2. The van der Waals surface area contributed by atoms with Crippen molar-refractivity contribution in [3.8, 4) is 0 Å². The number of nitrogens with two attached hydrogens (primary N) is 1. The standard InChI is InChI=1S/C16H10ClNO2S/c17-9-5-7-10(8-6-9)21-16-13(18)14(19)11-3-1-2-4-12(11)15(16)20/h1-8H,18H2. The molecule has 2 N–H and O–H groups in total.